The molecule has 0 saturated heterocycles. The molecule has 4 nitrogen and oxygen atoms in total. The van der Waals surface area contributed by atoms with E-state index in [4.69, 9.17) is 9.47 Å². The fourth-order valence-electron chi connectivity index (χ4n) is 1.46. The summed E-state index contributed by atoms with van der Waals surface area (Å²) in [6.45, 7) is 1.84. The molecule has 1 heterocycles. The molecule has 0 saturated carbocycles. The van der Waals surface area contributed by atoms with Gasteiger partial charge in [0.05, 0.1) is 31.9 Å². The molecule has 0 atom stereocenters. The maximum atomic E-state index is 13.0. The average molecular weight is 324 g/mol. The fourth-order valence-corrected chi connectivity index (χ4v) is 1.97. The van der Waals surface area contributed by atoms with Crippen LogP contribution in [0.5, 0.6) is 5.75 Å². The minimum Gasteiger partial charge on any atom is -0.495 e. The lowest BCUT2D eigenvalue weighted by atomic mass is 10.1. The molecule has 0 spiro atoms. The quantitative estimate of drug-likeness (QED) is 0.617. The van der Waals surface area contributed by atoms with E-state index in [1.54, 1.807) is 6.92 Å². The van der Waals surface area contributed by atoms with Gasteiger partial charge in [-0.2, -0.15) is 0 Å². The number of nitrogens with zero attached hydrogens (tertiary/aromatic N) is 1. The van der Waals surface area contributed by atoms with E-state index in [0.717, 1.165) is 0 Å². The Kier molecular flexibility index (Phi) is 5.46. The number of esters is 1. The molecule has 100 valence electrons. The molecular weight excluding hydrogens is 312 g/mol. The molecule has 0 amide bonds. The largest absolute Gasteiger partial charge is 0.495 e. The van der Waals surface area contributed by atoms with Crippen molar-refractivity contribution in [3.8, 4) is 5.75 Å². The summed E-state index contributed by atoms with van der Waals surface area (Å²) >= 11 is 2.94. The Morgan fingerprint density at radius 1 is 1.56 bits per heavy atom. The number of carbonyl (C=O) groups is 1. The number of pyridine rings is 1. The second kappa shape index (κ2) is 6.63. The first-order valence-electron chi connectivity index (χ1n) is 5.16. The van der Waals surface area contributed by atoms with Gasteiger partial charge in [0.15, 0.2) is 0 Å². The number of hydrogen-bond acceptors (Lipinski definition) is 4. The van der Waals surface area contributed by atoms with Crippen LogP contribution in [0.3, 0.4) is 0 Å². The molecule has 0 bridgehead atoms. The number of halogens is 3. The molecule has 0 aliphatic rings. The van der Waals surface area contributed by atoms with Crippen molar-refractivity contribution in [3.63, 3.8) is 0 Å². The van der Waals surface area contributed by atoms with Crippen molar-refractivity contribution in [1.82, 2.24) is 4.98 Å². The smallest absolute Gasteiger partial charge is 0.310 e. The molecule has 0 aliphatic heterocycles. The maximum Gasteiger partial charge on any atom is 0.310 e. The summed E-state index contributed by atoms with van der Waals surface area (Å²) in [6.07, 6.45) is -1.76. The van der Waals surface area contributed by atoms with E-state index in [-0.39, 0.29) is 34.5 Å². The Hall–Kier alpha value is -1.24. The van der Waals surface area contributed by atoms with Crippen LogP contribution in [-0.2, 0) is 16.0 Å². The van der Waals surface area contributed by atoms with Crippen molar-refractivity contribution in [2.45, 2.75) is 19.8 Å². The van der Waals surface area contributed by atoms with Gasteiger partial charge in [0.25, 0.3) is 6.43 Å². The lowest BCUT2D eigenvalue weighted by Crippen LogP contribution is -2.11. The average Bonchev–Trinajstić information content (AvgIpc) is 2.29. The second-order valence-electron chi connectivity index (χ2n) is 3.29. The summed E-state index contributed by atoms with van der Waals surface area (Å²) in [6, 6.07) is 0. The molecule has 1 aromatic heterocycles. The third-order valence-electron chi connectivity index (χ3n) is 2.20. The molecule has 0 aliphatic carbocycles. The number of alkyl halides is 2. The normalized spacial score (nSPS) is 10.6. The highest BCUT2D eigenvalue weighted by Crippen LogP contribution is 2.34. The van der Waals surface area contributed by atoms with Crippen molar-refractivity contribution in [2.75, 3.05) is 13.7 Å². The predicted octanol–water partition coefficient (Wildman–Crippen LogP) is 2.90. The number of ether oxygens (including phenoxy) is 2. The van der Waals surface area contributed by atoms with Crippen LogP contribution in [0.1, 0.15) is 24.5 Å². The van der Waals surface area contributed by atoms with Gasteiger partial charge in [-0.1, -0.05) is 0 Å². The van der Waals surface area contributed by atoms with Gasteiger partial charge in [-0.15, -0.1) is 0 Å². The number of hydrogen-bond donors (Lipinski definition) is 0. The van der Waals surface area contributed by atoms with E-state index in [1.807, 2.05) is 0 Å². The molecule has 0 unspecified atom stereocenters. The molecule has 0 fully saturated rings. The zero-order valence-corrected chi connectivity index (χ0v) is 11.5. The van der Waals surface area contributed by atoms with Crippen LogP contribution < -0.4 is 4.74 Å². The zero-order valence-electron chi connectivity index (χ0n) is 9.87. The van der Waals surface area contributed by atoms with Crippen molar-refractivity contribution in [1.29, 1.82) is 0 Å². The van der Waals surface area contributed by atoms with Gasteiger partial charge >= 0.3 is 5.97 Å². The molecule has 0 aromatic carbocycles. The fraction of sp³-hybridized carbons (Fsp3) is 0.455. The van der Waals surface area contributed by atoms with Gasteiger partial charge in [0, 0.05) is 5.56 Å². The molecular formula is C11H12BrF2NO3. The van der Waals surface area contributed by atoms with Gasteiger partial charge in [-0.3, -0.25) is 4.79 Å². The summed E-state index contributed by atoms with van der Waals surface area (Å²) in [4.78, 5) is 15.2. The Morgan fingerprint density at radius 2 is 2.22 bits per heavy atom. The standard InChI is InChI=1S/C11H12BrF2NO3/c1-3-18-8(16)4-6-7(17-2)5-15-10(12)9(6)11(13)14/h5,11H,3-4H2,1-2H3. The molecule has 7 heteroatoms. The second-order valence-corrected chi connectivity index (χ2v) is 4.04. The van der Waals surface area contributed by atoms with E-state index >= 15 is 0 Å². The summed E-state index contributed by atoms with van der Waals surface area (Å²) in [5.74, 6) is -0.447. The third kappa shape index (κ3) is 3.38. The van der Waals surface area contributed by atoms with Crippen LogP contribution in [0.15, 0.2) is 10.8 Å². The number of aromatic nitrogens is 1. The topological polar surface area (TPSA) is 48.4 Å². The van der Waals surface area contributed by atoms with Gasteiger partial charge < -0.3 is 9.47 Å². The highest BCUT2D eigenvalue weighted by molar-refractivity contribution is 9.10. The SMILES string of the molecule is CCOC(=O)Cc1c(OC)cnc(Br)c1C(F)F. The molecule has 0 N–H and O–H groups in total. The zero-order chi connectivity index (χ0) is 13.7. The Morgan fingerprint density at radius 3 is 2.72 bits per heavy atom. The first-order valence-corrected chi connectivity index (χ1v) is 5.95. The molecule has 1 aromatic rings. The van der Waals surface area contributed by atoms with Crippen LogP contribution in [-0.4, -0.2) is 24.7 Å². The van der Waals surface area contributed by atoms with E-state index in [9.17, 15) is 13.6 Å². The van der Waals surface area contributed by atoms with Crippen LogP contribution >= 0.6 is 15.9 Å². The lowest BCUT2D eigenvalue weighted by Gasteiger charge is -2.13. The van der Waals surface area contributed by atoms with E-state index in [0.29, 0.717) is 0 Å². The van der Waals surface area contributed by atoms with E-state index in [2.05, 4.69) is 20.9 Å². The number of carbonyl (C=O) groups excluding carboxylic acids is 1. The van der Waals surface area contributed by atoms with Gasteiger partial charge in [-0.05, 0) is 22.9 Å². The number of methoxy groups -OCH3 is 1. The summed E-state index contributed by atoms with van der Waals surface area (Å²) in [7, 11) is 1.33. The first-order chi connectivity index (χ1) is 8.51. The van der Waals surface area contributed by atoms with Crippen LogP contribution in [0, 0.1) is 0 Å². The van der Waals surface area contributed by atoms with Crippen LogP contribution in [0.4, 0.5) is 8.78 Å². The Labute approximate surface area is 111 Å². The minimum atomic E-state index is -2.76. The molecule has 0 radical (unpaired) electrons. The third-order valence-corrected chi connectivity index (χ3v) is 2.84. The van der Waals surface area contributed by atoms with Crippen molar-refractivity contribution in [2.24, 2.45) is 0 Å². The van der Waals surface area contributed by atoms with Crippen molar-refractivity contribution < 1.29 is 23.0 Å². The molecule has 1 rings (SSSR count). The van der Waals surface area contributed by atoms with Crippen molar-refractivity contribution in [3.05, 3.63) is 21.9 Å². The molecule has 18 heavy (non-hydrogen) atoms. The minimum absolute atomic E-state index is 0.00222. The highest BCUT2D eigenvalue weighted by Gasteiger charge is 2.23. The Balaban J connectivity index is 3.19. The van der Waals surface area contributed by atoms with E-state index in [1.165, 1.54) is 13.3 Å². The lowest BCUT2D eigenvalue weighted by molar-refractivity contribution is -0.142. The monoisotopic (exact) mass is 323 g/mol. The summed E-state index contributed by atoms with van der Waals surface area (Å²) in [5.41, 5.74) is -0.254. The Bertz CT molecular complexity index is 441. The predicted molar refractivity (Wildman–Crippen MR) is 63.8 cm³/mol. The maximum absolute atomic E-state index is 13.0. The van der Waals surface area contributed by atoms with Crippen LogP contribution in [0.25, 0.3) is 0 Å². The van der Waals surface area contributed by atoms with Crippen LogP contribution in [0.2, 0.25) is 0 Å². The van der Waals surface area contributed by atoms with Crippen molar-refractivity contribution >= 4 is 21.9 Å². The van der Waals surface area contributed by atoms with Gasteiger partial charge in [-0.25, -0.2) is 13.8 Å². The van der Waals surface area contributed by atoms with Gasteiger partial charge in [0.2, 0.25) is 0 Å². The number of rotatable bonds is 5. The highest BCUT2D eigenvalue weighted by atomic mass is 79.9. The van der Waals surface area contributed by atoms with E-state index < -0.39 is 12.4 Å². The van der Waals surface area contributed by atoms with Gasteiger partial charge in [0.1, 0.15) is 10.4 Å². The summed E-state index contributed by atoms with van der Waals surface area (Å²) < 4.78 is 35.6. The summed E-state index contributed by atoms with van der Waals surface area (Å²) in [5, 5.41) is 0. The first kappa shape index (κ1) is 14.8.